The molecule has 1 amide bonds. The van der Waals surface area contributed by atoms with Crippen LogP contribution in [0.25, 0.3) is 0 Å². The van der Waals surface area contributed by atoms with E-state index in [1.54, 1.807) is 4.90 Å². The van der Waals surface area contributed by atoms with Crippen molar-refractivity contribution >= 4 is 11.7 Å². The number of carbonyl (C=O) groups is 1. The third kappa shape index (κ3) is 3.88. The molecule has 1 saturated heterocycles. The number of anilines is 1. The maximum absolute atomic E-state index is 12.5. The molecular formula is C14H18F3N3O2. The van der Waals surface area contributed by atoms with Crippen LogP contribution in [0.2, 0.25) is 0 Å². The van der Waals surface area contributed by atoms with Gasteiger partial charge in [-0.05, 0) is 25.0 Å². The average Bonchev–Trinajstić information content (AvgIpc) is 2.46. The van der Waals surface area contributed by atoms with Crippen molar-refractivity contribution in [2.75, 3.05) is 25.0 Å². The van der Waals surface area contributed by atoms with E-state index in [9.17, 15) is 23.1 Å². The van der Waals surface area contributed by atoms with Crippen molar-refractivity contribution in [2.45, 2.75) is 31.0 Å². The zero-order valence-electron chi connectivity index (χ0n) is 12.2. The lowest BCUT2D eigenvalue weighted by atomic mass is 9.89. The van der Waals surface area contributed by atoms with Gasteiger partial charge < -0.3 is 15.3 Å². The summed E-state index contributed by atoms with van der Waals surface area (Å²) in [6, 6.07) is 2.25. The number of amides is 1. The molecule has 1 aromatic heterocycles. The predicted octanol–water partition coefficient (Wildman–Crippen LogP) is 1.57. The molecule has 1 fully saturated rings. The Kier molecular flexibility index (Phi) is 4.60. The predicted molar refractivity (Wildman–Crippen MR) is 74.3 cm³/mol. The normalized spacial score (nSPS) is 22.5. The molecule has 122 valence electrons. The number of pyridine rings is 1. The van der Waals surface area contributed by atoms with Crippen LogP contribution in [0.1, 0.15) is 24.8 Å². The van der Waals surface area contributed by atoms with Crippen LogP contribution in [-0.4, -0.2) is 41.7 Å². The highest BCUT2D eigenvalue weighted by molar-refractivity contribution is 5.76. The number of hydrogen-bond donors (Lipinski definition) is 2. The van der Waals surface area contributed by atoms with Crippen LogP contribution < -0.4 is 10.2 Å². The van der Waals surface area contributed by atoms with Gasteiger partial charge in [0.1, 0.15) is 5.82 Å². The fraction of sp³-hybridized carbons (Fsp3) is 0.571. The van der Waals surface area contributed by atoms with E-state index in [4.69, 9.17) is 0 Å². The molecule has 1 aliphatic rings. The van der Waals surface area contributed by atoms with Crippen molar-refractivity contribution in [1.82, 2.24) is 10.3 Å². The molecular weight excluding hydrogens is 299 g/mol. The molecule has 22 heavy (non-hydrogen) atoms. The van der Waals surface area contributed by atoms with Gasteiger partial charge in [-0.2, -0.15) is 13.2 Å². The van der Waals surface area contributed by atoms with Crippen molar-refractivity contribution in [3.63, 3.8) is 0 Å². The minimum Gasteiger partial charge on any atom is -0.388 e. The second-order valence-electron chi connectivity index (χ2n) is 5.50. The molecule has 0 aliphatic carbocycles. The van der Waals surface area contributed by atoms with Crippen LogP contribution in [0.4, 0.5) is 19.0 Å². The van der Waals surface area contributed by atoms with E-state index in [0.29, 0.717) is 25.2 Å². The Labute approximate surface area is 126 Å². The summed E-state index contributed by atoms with van der Waals surface area (Å²) in [6.45, 7) is 0.743. The van der Waals surface area contributed by atoms with Crippen LogP contribution in [0.3, 0.4) is 0 Å². The zero-order valence-corrected chi connectivity index (χ0v) is 12.2. The molecule has 0 aromatic carbocycles. The summed E-state index contributed by atoms with van der Waals surface area (Å²) < 4.78 is 37.6. The van der Waals surface area contributed by atoms with Crippen LogP contribution in [0, 0.1) is 0 Å². The van der Waals surface area contributed by atoms with E-state index in [1.165, 1.54) is 13.1 Å². The second kappa shape index (κ2) is 6.12. The summed E-state index contributed by atoms with van der Waals surface area (Å²) in [5.41, 5.74) is -2.00. The molecule has 0 saturated carbocycles. The summed E-state index contributed by atoms with van der Waals surface area (Å²) in [6.07, 6.45) is -2.58. The third-order valence-corrected chi connectivity index (χ3v) is 3.72. The number of piperidine rings is 1. The quantitative estimate of drug-likeness (QED) is 0.888. The number of aliphatic hydroxyl groups is 1. The standard InChI is InChI=1S/C14H18F3N3O2/c1-18-12(21)7-13(22)5-2-6-20(9-13)11-4-3-10(8-19-11)14(15,16)17/h3-4,8,22H,2,5-7,9H2,1H3,(H,18,21). The minimum atomic E-state index is -4.42. The summed E-state index contributed by atoms with van der Waals surface area (Å²) in [5, 5.41) is 12.9. The summed E-state index contributed by atoms with van der Waals surface area (Å²) >= 11 is 0. The van der Waals surface area contributed by atoms with Crippen molar-refractivity contribution in [3.05, 3.63) is 23.9 Å². The molecule has 1 atom stereocenters. The van der Waals surface area contributed by atoms with Gasteiger partial charge in [0.05, 0.1) is 17.6 Å². The van der Waals surface area contributed by atoms with Crippen molar-refractivity contribution in [2.24, 2.45) is 0 Å². The lowest BCUT2D eigenvalue weighted by Gasteiger charge is -2.39. The summed E-state index contributed by atoms with van der Waals surface area (Å²) in [7, 11) is 1.49. The summed E-state index contributed by atoms with van der Waals surface area (Å²) in [5.74, 6) is 0.0905. The molecule has 1 unspecified atom stereocenters. The first-order valence-corrected chi connectivity index (χ1v) is 6.95. The number of nitrogens with one attached hydrogen (secondary N) is 1. The first-order valence-electron chi connectivity index (χ1n) is 6.95. The van der Waals surface area contributed by atoms with Crippen molar-refractivity contribution in [1.29, 1.82) is 0 Å². The molecule has 1 aromatic rings. The van der Waals surface area contributed by atoms with Gasteiger partial charge in [-0.1, -0.05) is 0 Å². The average molecular weight is 317 g/mol. The highest BCUT2D eigenvalue weighted by Crippen LogP contribution is 2.31. The third-order valence-electron chi connectivity index (χ3n) is 3.72. The van der Waals surface area contributed by atoms with Crippen LogP contribution in [-0.2, 0) is 11.0 Å². The number of halogens is 3. The van der Waals surface area contributed by atoms with Gasteiger partial charge in [0.25, 0.3) is 0 Å². The molecule has 2 heterocycles. The number of hydrogen-bond acceptors (Lipinski definition) is 4. The largest absolute Gasteiger partial charge is 0.417 e. The topological polar surface area (TPSA) is 65.5 Å². The van der Waals surface area contributed by atoms with Gasteiger partial charge in [0, 0.05) is 26.3 Å². The fourth-order valence-electron chi connectivity index (χ4n) is 2.58. The number of alkyl halides is 3. The van der Waals surface area contributed by atoms with Crippen LogP contribution in [0.5, 0.6) is 0 Å². The maximum atomic E-state index is 12.5. The van der Waals surface area contributed by atoms with E-state index in [2.05, 4.69) is 10.3 Å². The Morgan fingerprint density at radius 3 is 2.77 bits per heavy atom. The number of rotatable bonds is 3. The Hall–Kier alpha value is -1.83. The number of nitrogens with zero attached hydrogens (tertiary/aromatic N) is 2. The fourth-order valence-corrected chi connectivity index (χ4v) is 2.58. The molecule has 1 aliphatic heterocycles. The number of carbonyl (C=O) groups excluding carboxylic acids is 1. The number of aromatic nitrogens is 1. The number of β-amino-alcohol motifs (C(OH)–C–C–N with tert-alkyl or cyclic N) is 1. The lowest BCUT2D eigenvalue weighted by Crippen LogP contribution is -2.50. The van der Waals surface area contributed by atoms with Gasteiger partial charge >= 0.3 is 6.18 Å². The molecule has 0 radical (unpaired) electrons. The maximum Gasteiger partial charge on any atom is 0.417 e. The van der Waals surface area contributed by atoms with E-state index < -0.39 is 17.3 Å². The van der Waals surface area contributed by atoms with Gasteiger partial charge in [0.2, 0.25) is 5.91 Å². The minimum absolute atomic E-state index is 0.0410. The molecule has 5 nitrogen and oxygen atoms in total. The van der Waals surface area contributed by atoms with Gasteiger partial charge in [0.15, 0.2) is 0 Å². The SMILES string of the molecule is CNC(=O)CC1(O)CCCN(c2ccc(C(F)(F)F)cn2)C1. The van der Waals surface area contributed by atoms with Crippen molar-refractivity contribution in [3.8, 4) is 0 Å². The van der Waals surface area contributed by atoms with Crippen LogP contribution >= 0.6 is 0 Å². The first kappa shape index (κ1) is 16.5. The zero-order chi connectivity index (χ0) is 16.4. The van der Waals surface area contributed by atoms with E-state index >= 15 is 0 Å². The molecule has 0 spiro atoms. The van der Waals surface area contributed by atoms with Gasteiger partial charge in [-0.15, -0.1) is 0 Å². The summed E-state index contributed by atoms with van der Waals surface area (Å²) in [4.78, 5) is 17.0. The van der Waals surface area contributed by atoms with E-state index in [-0.39, 0.29) is 18.9 Å². The van der Waals surface area contributed by atoms with Gasteiger partial charge in [-0.25, -0.2) is 4.98 Å². The van der Waals surface area contributed by atoms with Gasteiger partial charge in [-0.3, -0.25) is 4.79 Å². The van der Waals surface area contributed by atoms with Crippen LogP contribution in [0.15, 0.2) is 18.3 Å². The Morgan fingerprint density at radius 1 is 1.50 bits per heavy atom. The second-order valence-corrected chi connectivity index (χ2v) is 5.50. The molecule has 2 rings (SSSR count). The molecule has 2 N–H and O–H groups in total. The van der Waals surface area contributed by atoms with Crippen molar-refractivity contribution < 1.29 is 23.1 Å². The Balaban J connectivity index is 2.10. The highest BCUT2D eigenvalue weighted by atomic mass is 19.4. The molecule has 0 bridgehead atoms. The smallest absolute Gasteiger partial charge is 0.388 e. The lowest BCUT2D eigenvalue weighted by molar-refractivity contribution is -0.137. The first-order chi connectivity index (χ1) is 10.2. The van der Waals surface area contributed by atoms with E-state index in [0.717, 1.165) is 12.3 Å². The Morgan fingerprint density at radius 2 is 2.23 bits per heavy atom. The highest BCUT2D eigenvalue weighted by Gasteiger charge is 2.36. The molecule has 8 heteroatoms. The Bertz CT molecular complexity index is 533. The van der Waals surface area contributed by atoms with E-state index in [1.807, 2.05) is 0 Å². The monoisotopic (exact) mass is 317 g/mol.